The molecular weight excluding hydrogens is 668 g/mol. The Kier molecular flexibility index (Phi) is 6.38. The maximum absolute atomic E-state index is 13.8. The molecule has 1 fully saturated rings. The number of amides is 3. The lowest BCUT2D eigenvalue weighted by molar-refractivity contribution is -0.128. The number of primary amides is 1. The molecule has 2 heterocycles. The van der Waals surface area contributed by atoms with Gasteiger partial charge in [0, 0.05) is 31.9 Å². The molecule has 0 radical (unpaired) electrons. The Bertz CT molecular complexity index is 1690. The second-order valence-electron chi connectivity index (χ2n) is 8.35. The molecule has 5 rings (SSSR count). The van der Waals surface area contributed by atoms with Crippen LogP contribution in [0.5, 0.6) is 0 Å². The summed E-state index contributed by atoms with van der Waals surface area (Å²) >= 11 is 5.19. The molecule has 1 atom stereocenters. The largest absolute Gasteiger partial charge is 0.351 e. The van der Waals surface area contributed by atoms with Crippen LogP contribution in [0.1, 0.15) is 22.8 Å². The number of carbonyl (C=O) groups is 2. The maximum Gasteiger partial charge on any atom is 0.316 e. The third kappa shape index (κ3) is 5.74. The van der Waals surface area contributed by atoms with Crippen LogP contribution < -0.4 is 11.1 Å². The van der Waals surface area contributed by atoms with Gasteiger partial charge in [-0.15, -0.1) is 0 Å². The van der Waals surface area contributed by atoms with Crippen LogP contribution in [0.15, 0.2) is 77.3 Å². The third-order valence-electron chi connectivity index (χ3n) is 5.84. The summed E-state index contributed by atoms with van der Waals surface area (Å²) in [5, 5.41) is 7.14. The number of ether oxygens (including phenoxy) is 1. The first-order valence-corrected chi connectivity index (χ1v) is 13.2. The molecule has 4 aromatic rings. The second kappa shape index (κ2) is 11.2. The van der Waals surface area contributed by atoms with Crippen molar-refractivity contribution < 1.29 is 24.2 Å². The quantitative estimate of drug-likeness (QED) is 0.245. The highest BCUT2D eigenvalue weighted by atomic mass is 127. The summed E-state index contributed by atoms with van der Waals surface area (Å²) in [4.78, 5) is 25.7. The van der Waals surface area contributed by atoms with Gasteiger partial charge in [0.2, 0.25) is 0 Å². The zero-order valence-corrected chi connectivity index (χ0v) is 23.3. The number of carbonyl (C=O) groups excluding carboxylic acids is 2. The summed E-state index contributed by atoms with van der Waals surface area (Å²) in [6.07, 6.45) is 1.09. The van der Waals surface area contributed by atoms with E-state index in [1.165, 1.54) is 35.1 Å². The van der Waals surface area contributed by atoms with Crippen molar-refractivity contribution in [2.75, 3.05) is 18.5 Å². The van der Waals surface area contributed by atoms with E-state index < -0.39 is 18.1 Å². The van der Waals surface area contributed by atoms with Gasteiger partial charge in [-0.05, 0) is 95.1 Å². The highest BCUT2D eigenvalue weighted by Gasteiger charge is 2.36. The number of halogens is 3. The summed E-state index contributed by atoms with van der Waals surface area (Å²) in [5.74, 6) is -0.708. The number of urea groups is 1. The van der Waals surface area contributed by atoms with Crippen molar-refractivity contribution in [3.63, 3.8) is 0 Å². The highest BCUT2D eigenvalue weighted by molar-refractivity contribution is 14.1. The fraction of sp³-hybridized carbons (Fsp3) is 0.148. The van der Waals surface area contributed by atoms with Gasteiger partial charge < -0.3 is 20.7 Å². The summed E-state index contributed by atoms with van der Waals surface area (Å²) in [6.45, 7) is 0.0900. The Hall–Kier alpha value is -3.29. The minimum absolute atomic E-state index is 0.0244. The molecule has 0 aliphatic carbocycles. The zero-order chi connectivity index (χ0) is 30.3. The zero-order valence-electron chi connectivity index (χ0n) is 23.6. The smallest absolute Gasteiger partial charge is 0.316 e. The summed E-state index contributed by atoms with van der Waals surface area (Å²) < 4.78 is 55.1. The van der Waals surface area contributed by atoms with Crippen LogP contribution in [-0.4, -0.2) is 39.8 Å². The van der Waals surface area contributed by atoms with E-state index in [2.05, 4.69) is 48.9 Å². The number of hydrogen-bond acceptors (Lipinski definition) is 4. The van der Waals surface area contributed by atoms with E-state index in [0.717, 1.165) is 9.13 Å². The number of nitrogens with one attached hydrogen (secondary N) is 1. The predicted molar refractivity (Wildman–Crippen MR) is 153 cm³/mol. The summed E-state index contributed by atoms with van der Waals surface area (Å²) in [5.41, 5.74) is 7.88. The van der Waals surface area contributed by atoms with Crippen LogP contribution >= 0.6 is 38.5 Å². The lowest BCUT2D eigenvalue weighted by Gasteiger charge is -2.23. The second-order valence-corrected chi connectivity index (χ2v) is 10.3. The van der Waals surface area contributed by atoms with Gasteiger partial charge in [-0.1, -0.05) is 22.0 Å². The van der Waals surface area contributed by atoms with Crippen molar-refractivity contribution in [1.82, 2.24) is 14.7 Å². The van der Waals surface area contributed by atoms with Crippen LogP contribution in [-0.2, 0) is 16.0 Å². The van der Waals surface area contributed by atoms with Crippen molar-refractivity contribution in [3.8, 4) is 16.9 Å². The topological polar surface area (TPSA) is 102 Å². The summed E-state index contributed by atoms with van der Waals surface area (Å²) in [7, 11) is 0. The molecule has 194 valence electrons. The van der Waals surface area contributed by atoms with Gasteiger partial charge in [0.25, 0.3) is 5.91 Å². The van der Waals surface area contributed by atoms with E-state index in [-0.39, 0.29) is 53.4 Å². The first-order chi connectivity index (χ1) is 20.0. The normalized spacial score (nSPS) is 16.7. The Balaban J connectivity index is 1.53. The molecule has 1 unspecified atom stereocenters. The predicted octanol–water partition coefficient (Wildman–Crippen LogP) is 5.64. The molecule has 1 aliphatic rings. The molecule has 0 saturated carbocycles. The Morgan fingerprint density at radius 1 is 1.24 bits per heavy atom. The van der Waals surface area contributed by atoms with E-state index >= 15 is 0 Å². The molecule has 1 aliphatic heterocycles. The third-order valence-corrected chi connectivity index (χ3v) is 7.13. The van der Waals surface area contributed by atoms with Gasteiger partial charge in [0.05, 0.1) is 16.9 Å². The Morgan fingerprint density at radius 2 is 1.97 bits per heavy atom. The van der Waals surface area contributed by atoms with Crippen LogP contribution in [0.25, 0.3) is 16.9 Å². The van der Waals surface area contributed by atoms with Crippen molar-refractivity contribution >= 4 is 56.1 Å². The number of nitrogens with zero attached hydrogens (tertiary/aromatic N) is 3. The van der Waals surface area contributed by atoms with Gasteiger partial charge in [0.1, 0.15) is 18.1 Å². The first-order valence-electron chi connectivity index (χ1n) is 13.3. The van der Waals surface area contributed by atoms with E-state index in [1.807, 2.05) is 12.1 Å². The highest BCUT2D eigenvalue weighted by Crippen LogP contribution is 2.35. The van der Waals surface area contributed by atoms with Gasteiger partial charge in [-0.25, -0.2) is 13.9 Å². The number of rotatable bonds is 7. The van der Waals surface area contributed by atoms with Crippen molar-refractivity contribution in [2.45, 2.75) is 12.6 Å². The SMILES string of the molecule is [2H]c1c([2H])c(-n2cc(C3OCC(=O)N3CCc3ccc(NC(N)=O)c(I)c3)c(-c3ccc(F)cc3)n2)c([2H])c([2H])c1Br. The minimum Gasteiger partial charge on any atom is -0.351 e. The van der Waals surface area contributed by atoms with Crippen molar-refractivity contribution in [1.29, 1.82) is 0 Å². The van der Waals surface area contributed by atoms with Gasteiger partial charge in [-0.2, -0.15) is 5.10 Å². The van der Waals surface area contributed by atoms with Crippen molar-refractivity contribution in [2.24, 2.45) is 5.73 Å². The molecule has 1 aromatic heterocycles. The fourth-order valence-electron chi connectivity index (χ4n) is 4.07. The Labute approximate surface area is 245 Å². The van der Waals surface area contributed by atoms with Crippen LogP contribution in [0.2, 0.25) is 0 Å². The first kappa shape index (κ1) is 21.6. The van der Waals surface area contributed by atoms with Crippen LogP contribution in [0, 0.1) is 9.39 Å². The van der Waals surface area contributed by atoms with Crippen molar-refractivity contribution in [3.05, 3.63) is 97.8 Å². The average molecular weight is 694 g/mol. The van der Waals surface area contributed by atoms with Crippen LogP contribution in [0.3, 0.4) is 0 Å². The van der Waals surface area contributed by atoms with E-state index in [9.17, 15) is 14.0 Å². The monoisotopic (exact) mass is 693 g/mol. The van der Waals surface area contributed by atoms with Gasteiger partial charge in [0.15, 0.2) is 6.23 Å². The summed E-state index contributed by atoms with van der Waals surface area (Å²) in [6, 6.07) is 9.17. The molecule has 3 amide bonds. The molecule has 1 saturated heterocycles. The molecular formula is C27H22BrFIN5O3. The molecule has 3 aromatic carbocycles. The maximum atomic E-state index is 13.8. The molecule has 8 nitrogen and oxygen atoms in total. The molecule has 3 N–H and O–H groups in total. The lowest BCUT2D eigenvalue weighted by atomic mass is 10.1. The average Bonchev–Trinajstić information content (AvgIpc) is 3.54. The fourth-order valence-corrected chi connectivity index (χ4v) is 4.98. The van der Waals surface area contributed by atoms with Crippen LogP contribution in [0.4, 0.5) is 14.9 Å². The van der Waals surface area contributed by atoms with E-state index in [4.69, 9.17) is 16.0 Å². The molecule has 11 heteroatoms. The number of benzene rings is 3. The van der Waals surface area contributed by atoms with Gasteiger partial charge in [-0.3, -0.25) is 4.79 Å². The lowest BCUT2D eigenvalue weighted by Crippen LogP contribution is -2.30. The standard InChI is InChI=1S/C27H22BrFIN5O3/c28-18-4-8-20(9-5-18)35-14-21(25(33-35)17-2-6-19(29)7-3-17)26-34(24(36)15-38-26)12-11-16-1-10-23(22(30)13-16)32-27(31)37/h1-10,13-14,26H,11-12,15H2,(H3,31,32,37)/i4D,5D,8D,9D. The minimum atomic E-state index is -0.883. The molecule has 0 spiro atoms. The number of aromatic nitrogens is 2. The van der Waals surface area contributed by atoms with E-state index in [1.54, 1.807) is 11.0 Å². The van der Waals surface area contributed by atoms with Gasteiger partial charge >= 0.3 is 6.03 Å². The number of anilines is 1. The molecule has 0 bridgehead atoms. The molecule has 38 heavy (non-hydrogen) atoms. The number of nitrogens with two attached hydrogens (primary N) is 1. The Morgan fingerprint density at radius 3 is 2.66 bits per heavy atom. The number of hydrogen-bond donors (Lipinski definition) is 2. The van der Waals surface area contributed by atoms with E-state index in [0.29, 0.717) is 28.9 Å².